The van der Waals surface area contributed by atoms with Crippen molar-refractivity contribution in [2.45, 2.75) is 31.1 Å². The van der Waals surface area contributed by atoms with E-state index in [1.807, 2.05) is 0 Å². The van der Waals surface area contributed by atoms with E-state index in [0.29, 0.717) is 18.7 Å². The van der Waals surface area contributed by atoms with Gasteiger partial charge in [-0.05, 0) is 31.0 Å². The van der Waals surface area contributed by atoms with Gasteiger partial charge in [0.05, 0.1) is 30.6 Å². The molecule has 2 aromatic heterocycles. The summed E-state index contributed by atoms with van der Waals surface area (Å²) >= 11 is 0. The molecule has 2 aliphatic rings. The number of fused-ring (bicyclic) bond motifs is 2. The minimum atomic E-state index is -0.520. The van der Waals surface area contributed by atoms with Gasteiger partial charge in [-0.1, -0.05) is 0 Å². The molecule has 2 bridgehead atoms. The molecule has 1 aliphatic carbocycles. The van der Waals surface area contributed by atoms with Gasteiger partial charge < -0.3 is 18.8 Å². The minimum Gasteiger partial charge on any atom is -0.472 e. The molecule has 0 spiro atoms. The second-order valence-electron chi connectivity index (χ2n) is 5.94. The van der Waals surface area contributed by atoms with Crippen LogP contribution in [0.1, 0.15) is 23.2 Å². The fraction of sp³-hybridized carbons (Fsp3) is 0.412. The van der Waals surface area contributed by atoms with Gasteiger partial charge in [-0.2, -0.15) is 0 Å². The zero-order valence-corrected chi connectivity index (χ0v) is 12.9. The minimum absolute atomic E-state index is 0.0550. The Bertz CT molecular complexity index is 721. The molecule has 1 saturated heterocycles. The number of ether oxygens (including phenoxy) is 2. The fourth-order valence-corrected chi connectivity index (χ4v) is 3.44. The Morgan fingerprint density at radius 1 is 1.38 bits per heavy atom. The Kier molecular flexibility index (Phi) is 3.93. The first-order valence-corrected chi connectivity index (χ1v) is 7.96. The van der Waals surface area contributed by atoms with Gasteiger partial charge in [0.25, 0.3) is 11.8 Å². The van der Waals surface area contributed by atoms with Crippen molar-refractivity contribution in [3.63, 3.8) is 0 Å². The van der Waals surface area contributed by atoms with Gasteiger partial charge in [0.15, 0.2) is 5.82 Å². The molecule has 0 N–H and O–H groups in total. The summed E-state index contributed by atoms with van der Waals surface area (Å²) in [4.78, 5) is 18.4. The zero-order valence-electron chi connectivity index (χ0n) is 12.9. The van der Waals surface area contributed by atoms with Gasteiger partial charge in [0.1, 0.15) is 12.4 Å². The van der Waals surface area contributed by atoms with Crippen LogP contribution in [0.5, 0.6) is 5.88 Å². The third-order valence-electron chi connectivity index (χ3n) is 4.56. The standard InChI is InChI=1S/C17H17FN2O4/c18-12-2-1-6-19-16(12)24-15-13-3-4-14(15)23-9-7-20(13)17(21)11-5-8-22-10-11/h1-2,5-6,8,10,13-15H,3-4,7,9H2/t13-,14-,15-/m0/s1. The van der Waals surface area contributed by atoms with Gasteiger partial charge in [0, 0.05) is 12.7 Å². The van der Waals surface area contributed by atoms with Crippen molar-refractivity contribution in [1.82, 2.24) is 9.88 Å². The Labute approximate surface area is 138 Å². The highest BCUT2D eigenvalue weighted by atomic mass is 19.1. The number of amides is 1. The molecule has 0 aromatic carbocycles. The first-order chi connectivity index (χ1) is 11.7. The fourth-order valence-electron chi connectivity index (χ4n) is 3.44. The van der Waals surface area contributed by atoms with E-state index in [0.717, 1.165) is 12.8 Å². The molecule has 2 fully saturated rings. The lowest BCUT2D eigenvalue weighted by Crippen LogP contribution is -2.47. The van der Waals surface area contributed by atoms with Crippen molar-refractivity contribution < 1.29 is 23.1 Å². The van der Waals surface area contributed by atoms with Gasteiger partial charge in [-0.25, -0.2) is 9.37 Å². The summed E-state index contributed by atoms with van der Waals surface area (Å²) in [5.74, 6) is -0.704. The summed E-state index contributed by atoms with van der Waals surface area (Å²) in [5.41, 5.74) is 0.489. The maximum absolute atomic E-state index is 13.9. The van der Waals surface area contributed by atoms with Crippen LogP contribution in [0.3, 0.4) is 0 Å². The maximum Gasteiger partial charge on any atom is 0.257 e. The molecule has 6 nitrogen and oxygen atoms in total. The van der Waals surface area contributed by atoms with E-state index in [9.17, 15) is 9.18 Å². The number of hydrogen-bond acceptors (Lipinski definition) is 5. The molecule has 126 valence electrons. The lowest BCUT2D eigenvalue weighted by molar-refractivity contribution is 0.000308. The SMILES string of the molecule is O=C(c1ccoc1)N1CCO[C@H]2CC[C@H]1[C@@H]2Oc1ncccc1F. The first kappa shape index (κ1) is 15.1. The van der Waals surface area contributed by atoms with E-state index in [2.05, 4.69) is 4.98 Å². The molecule has 0 radical (unpaired) electrons. The summed E-state index contributed by atoms with van der Waals surface area (Å²) < 4.78 is 30.5. The average Bonchev–Trinajstić information content (AvgIpc) is 3.18. The monoisotopic (exact) mass is 332 g/mol. The van der Waals surface area contributed by atoms with Crippen LogP contribution in [0.25, 0.3) is 0 Å². The van der Waals surface area contributed by atoms with E-state index < -0.39 is 11.9 Å². The number of hydrogen-bond donors (Lipinski definition) is 0. The van der Waals surface area contributed by atoms with Crippen LogP contribution >= 0.6 is 0 Å². The smallest absolute Gasteiger partial charge is 0.257 e. The second kappa shape index (κ2) is 6.24. The summed E-state index contributed by atoms with van der Waals surface area (Å²) in [6.45, 7) is 0.894. The molecular formula is C17H17FN2O4. The molecule has 7 heteroatoms. The number of carbonyl (C=O) groups excluding carboxylic acids is 1. The predicted octanol–water partition coefficient (Wildman–Crippen LogP) is 2.26. The molecule has 2 aromatic rings. The van der Waals surface area contributed by atoms with Crippen molar-refractivity contribution in [1.29, 1.82) is 0 Å². The van der Waals surface area contributed by atoms with E-state index >= 15 is 0 Å². The summed E-state index contributed by atoms with van der Waals surface area (Å²) in [6, 6.07) is 4.27. The van der Waals surface area contributed by atoms with E-state index in [1.165, 1.54) is 30.9 Å². The molecule has 1 saturated carbocycles. The number of nitrogens with zero attached hydrogens (tertiary/aromatic N) is 2. The summed E-state index contributed by atoms with van der Waals surface area (Å²) in [7, 11) is 0. The van der Waals surface area contributed by atoms with Crippen LogP contribution in [-0.2, 0) is 4.74 Å². The van der Waals surface area contributed by atoms with Crippen LogP contribution in [0.2, 0.25) is 0 Å². The lowest BCUT2D eigenvalue weighted by Gasteiger charge is -2.31. The lowest BCUT2D eigenvalue weighted by atomic mass is 10.1. The Hall–Kier alpha value is -2.41. The normalized spacial score (nSPS) is 26.2. The van der Waals surface area contributed by atoms with Gasteiger partial charge in [0.2, 0.25) is 0 Å². The van der Waals surface area contributed by atoms with Crippen molar-refractivity contribution in [3.8, 4) is 5.88 Å². The van der Waals surface area contributed by atoms with Gasteiger partial charge >= 0.3 is 0 Å². The molecule has 1 amide bonds. The topological polar surface area (TPSA) is 64.8 Å². The Morgan fingerprint density at radius 3 is 3.08 bits per heavy atom. The third kappa shape index (κ3) is 2.65. The summed E-state index contributed by atoms with van der Waals surface area (Å²) in [6.07, 6.45) is 5.27. The van der Waals surface area contributed by atoms with Crippen molar-refractivity contribution in [2.24, 2.45) is 0 Å². The molecule has 4 rings (SSSR count). The highest BCUT2D eigenvalue weighted by Gasteiger charge is 2.46. The van der Waals surface area contributed by atoms with Crippen LogP contribution in [-0.4, -0.2) is 47.2 Å². The Morgan fingerprint density at radius 2 is 2.29 bits per heavy atom. The Balaban J connectivity index is 1.60. The number of rotatable bonds is 3. The van der Waals surface area contributed by atoms with Gasteiger partial charge in [-0.3, -0.25) is 4.79 Å². The first-order valence-electron chi connectivity index (χ1n) is 7.96. The number of aromatic nitrogens is 1. The van der Waals surface area contributed by atoms with E-state index in [1.54, 1.807) is 11.0 Å². The molecule has 24 heavy (non-hydrogen) atoms. The van der Waals surface area contributed by atoms with Crippen molar-refractivity contribution >= 4 is 5.91 Å². The predicted molar refractivity (Wildman–Crippen MR) is 81.1 cm³/mol. The highest BCUT2D eigenvalue weighted by Crippen LogP contribution is 2.33. The van der Waals surface area contributed by atoms with Crippen LogP contribution in [0.15, 0.2) is 41.3 Å². The van der Waals surface area contributed by atoms with Crippen molar-refractivity contribution in [3.05, 3.63) is 48.3 Å². The highest BCUT2D eigenvalue weighted by molar-refractivity contribution is 5.94. The quantitative estimate of drug-likeness (QED) is 0.863. The van der Waals surface area contributed by atoms with Crippen LogP contribution in [0.4, 0.5) is 4.39 Å². The largest absolute Gasteiger partial charge is 0.472 e. The molecule has 0 unspecified atom stereocenters. The molecule has 3 heterocycles. The number of carbonyl (C=O) groups is 1. The maximum atomic E-state index is 13.9. The van der Waals surface area contributed by atoms with Crippen LogP contribution < -0.4 is 4.74 Å². The number of pyridine rings is 1. The number of halogens is 1. The van der Waals surface area contributed by atoms with Crippen molar-refractivity contribution in [2.75, 3.05) is 13.2 Å². The third-order valence-corrected chi connectivity index (χ3v) is 4.56. The summed E-state index contributed by atoms with van der Waals surface area (Å²) in [5, 5.41) is 0. The van der Waals surface area contributed by atoms with Crippen LogP contribution in [0, 0.1) is 5.82 Å². The van der Waals surface area contributed by atoms with Gasteiger partial charge in [-0.15, -0.1) is 0 Å². The second-order valence-corrected chi connectivity index (χ2v) is 5.94. The number of furan rings is 1. The van der Waals surface area contributed by atoms with E-state index in [4.69, 9.17) is 13.9 Å². The van der Waals surface area contributed by atoms with E-state index in [-0.39, 0.29) is 23.9 Å². The molecule has 3 atom stereocenters. The zero-order chi connectivity index (χ0) is 16.5. The molecular weight excluding hydrogens is 315 g/mol. The molecule has 1 aliphatic heterocycles. The average molecular weight is 332 g/mol.